The van der Waals surface area contributed by atoms with Crippen LogP contribution in [0.3, 0.4) is 0 Å². The van der Waals surface area contributed by atoms with Gasteiger partial charge in [0.2, 0.25) is 0 Å². The predicted octanol–water partition coefficient (Wildman–Crippen LogP) is 2.62. The summed E-state index contributed by atoms with van der Waals surface area (Å²) < 4.78 is 26.8. The number of hydrogen-bond acceptors (Lipinski definition) is 3. The third-order valence-corrected chi connectivity index (χ3v) is 5.37. The van der Waals surface area contributed by atoms with Crippen molar-refractivity contribution in [1.29, 1.82) is 0 Å². The van der Waals surface area contributed by atoms with E-state index in [1.165, 1.54) is 17.4 Å². The third kappa shape index (κ3) is 3.09. The summed E-state index contributed by atoms with van der Waals surface area (Å²) >= 11 is 0. The van der Waals surface area contributed by atoms with Crippen LogP contribution in [-0.4, -0.2) is 20.6 Å². The highest BCUT2D eigenvalue weighted by Crippen LogP contribution is 2.25. The molecular formula is C16H19NO3S. The summed E-state index contributed by atoms with van der Waals surface area (Å²) in [5.41, 5.74) is 2.85. The highest BCUT2D eigenvalue weighted by Gasteiger charge is 2.23. The smallest absolute Gasteiger partial charge is 0.264 e. The van der Waals surface area contributed by atoms with Gasteiger partial charge in [0.25, 0.3) is 10.0 Å². The molecule has 0 aliphatic rings. The molecule has 0 radical (unpaired) electrons. The van der Waals surface area contributed by atoms with Crippen LogP contribution in [0.1, 0.15) is 16.7 Å². The molecule has 0 fully saturated rings. The summed E-state index contributed by atoms with van der Waals surface area (Å²) in [6.45, 7) is 3.48. The van der Waals surface area contributed by atoms with E-state index in [0.29, 0.717) is 16.8 Å². The zero-order chi connectivity index (χ0) is 15.6. The molecule has 0 aliphatic heterocycles. The molecule has 0 aliphatic carbocycles. The van der Waals surface area contributed by atoms with E-state index in [4.69, 9.17) is 0 Å². The molecule has 0 aromatic heterocycles. The molecule has 5 heteroatoms. The van der Waals surface area contributed by atoms with E-state index in [2.05, 4.69) is 0 Å². The minimum atomic E-state index is -3.65. The van der Waals surface area contributed by atoms with Crippen molar-refractivity contribution in [3.05, 3.63) is 59.2 Å². The molecule has 4 nitrogen and oxygen atoms in total. The molecule has 0 unspecified atom stereocenters. The first-order chi connectivity index (χ1) is 9.86. The topological polar surface area (TPSA) is 57.6 Å². The summed E-state index contributed by atoms with van der Waals surface area (Å²) in [7, 11) is -2.11. The Kier molecular flexibility index (Phi) is 4.34. The average Bonchev–Trinajstić information content (AvgIpc) is 2.46. The van der Waals surface area contributed by atoms with E-state index in [-0.39, 0.29) is 11.5 Å². The molecule has 0 heterocycles. The maximum Gasteiger partial charge on any atom is 0.264 e. The molecule has 21 heavy (non-hydrogen) atoms. The fraction of sp³-hybridized carbons (Fsp3) is 0.250. The summed E-state index contributed by atoms with van der Waals surface area (Å²) in [6, 6.07) is 12.3. The number of aliphatic hydroxyl groups is 1. The summed E-state index contributed by atoms with van der Waals surface area (Å²) in [6.07, 6.45) is 0. The second kappa shape index (κ2) is 5.87. The average molecular weight is 305 g/mol. The highest BCUT2D eigenvalue weighted by molar-refractivity contribution is 7.92. The zero-order valence-corrected chi connectivity index (χ0v) is 13.2. The van der Waals surface area contributed by atoms with E-state index in [1.807, 2.05) is 25.1 Å². The summed E-state index contributed by atoms with van der Waals surface area (Å²) in [4.78, 5) is 0.220. The van der Waals surface area contributed by atoms with Gasteiger partial charge in [-0.2, -0.15) is 0 Å². The summed E-state index contributed by atoms with van der Waals surface area (Å²) in [5.74, 6) is 0. The molecule has 2 aromatic rings. The van der Waals surface area contributed by atoms with Crippen LogP contribution in [0.25, 0.3) is 0 Å². The molecule has 0 bridgehead atoms. The van der Waals surface area contributed by atoms with Gasteiger partial charge in [-0.25, -0.2) is 8.42 Å². The lowest BCUT2D eigenvalue weighted by atomic mass is 10.2. The van der Waals surface area contributed by atoms with Gasteiger partial charge in [0.05, 0.1) is 17.2 Å². The van der Waals surface area contributed by atoms with Crippen molar-refractivity contribution in [3.8, 4) is 0 Å². The number of sulfonamides is 1. The highest BCUT2D eigenvalue weighted by atomic mass is 32.2. The van der Waals surface area contributed by atoms with Crippen LogP contribution in [0.5, 0.6) is 0 Å². The van der Waals surface area contributed by atoms with Gasteiger partial charge >= 0.3 is 0 Å². The van der Waals surface area contributed by atoms with Crippen LogP contribution >= 0.6 is 0 Å². The number of nitrogens with zero attached hydrogens (tertiary/aromatic N) is 1. The standard InChI is InChI=1S/C16H19NO3S/c1-12-5-4-6-15(9-12)17(3)21(19,20)16-10-14(11-18)8-7-13(16)2/h4-10,18H,11H2,1-3H3. The lowest BCUT2D eigenvalue weighted by Crippen LogP contribution is -2.27. The maximum absolute atomic E-state index is 12.8. The van der Waals surface area contributed by atoms with Crippen LogP contribution in [-0.2, 0) is 16.6 Å². The van der Waals surface area contributed by atoms with Crippen molar-refractivity contribution < 1.29 is 13.5 Å². The van der Waals surface area contributed by atoms with Crippen LogP contribution < -0.4 is 4.31 Å². The lowest BCUT2D eigenvalue weighted by Gasteiger charge is -2.21. The van der Waals surface area contributed by atoms with Gasteiger partial charge in [0, 0.05) is 7.05 Å². The molecule has 1 N–H and O–H groups in total. The van der Waals surface area contributed by atoms with Crippen LogP contribution in [0.2, 0.25) is 0 Å². The van der Waals surface area contributed by atoms with Gasteiger partial charge in [0.1, 0.15) is 0 Å². The van der Waals surface area contributed by atoms with Crippen molar-refractivity contribution in [3.63, 3.8) is 0 Å². The number of benzene rings is 2. The van der Waals surface area contributed by atoms with Gasteiger partial charge < -0.3 is 5.11 Å². The van der Waals surface area contributed by atoms with E-state index in [9.17, 15) is 13.5 Å². The number of anilines is 1. The maximum atomic E-state index is 12.8. The number of hydrogen-bond donors (Lipinski definition) is 1. The van der Waals surface area contributed by atoms with Crippen molar-refractivity contribution in [2.24, 2.45) is 0 Å². The molecule has 0 amide bonds. The first-order valence-electron chi connectivity index (χ1n) is 6.62. The van der Waals surface area contributed by atoms with Crippen molar-refractivity contribution in [2.75, 3.05) is 11.4 Å². The Bertz CT molecular complexity index is 754. The molecule has 2 aromatic carbocycles. The number of aliphatic hydroxyl groups excluding tert-OH is 1. The molecule has 112 valence electrons. The van der Waals surface area contributed by atoms with Crippen LogP contribution in [0.15, 0.2) is 47.4 Å². The Hall–Kier alpha value is -1.85. The van der Waals surface area contributed by atoms with Gasteiger partial charge in [-0.3, -0.25) is 4.31 Å². The van der Waals surface area contributed by atoms with Crippen LogP contribution in [0.4, 0.5) is 5.69 Å². The Morgan fingerprint density at radius 1 is 1.10 bits per heavy atom. The van der Waals surface area contributed by atoms with Gasteiger partial charge in [-0.15, -0.1) is 0 Å². The van der Waals surface area contributed by atoms with E-state index >= 15 is 0 Å². The Morgan fingerprint density at radius 2 is 1.81 bits per heavy atom. The molecule has 2 rings (SSSR count). The van der Waals surface area contributed by atoms with E-state index in [0.717, 1.165) is 5.56 Å². The Balaban J connectivity index is 2.51. The minimum Gasteiger partial charge on any atom is -0.392 e. The Morgan fingerprint density at radius 3 is 2.43 bits per heavy atom. The van der Waals surface area contributed by atoms with Crippen molar-refractivity contribution >= 4 is 15.7 Å². The summed E-state index contributed by atoms with van der Waals surface area (Å²) in [5, 5.41) is 9.20. The Labute approximate surface area is 125 Å². The molecular weight excluding hydrogens is 286 g/mol. The first kappa shape index (κ1) is 15.5. The van der Waals surface area contributed by atoms with Gasteiger partial charge in [0.15, 0.2) is 0 Å². The van der Waals surface area contributed by atoms with Crippen molar-refractivity contribution in [2.45, 2.75) is 25.3 Å². The third-order valence-electron chi connectivity index (χ3n) is 3.44. The minimum absolute atomic E-state index is 0.184. The molecule has 0 saturated heterocycles. The second-order valence-corrected chi connectivity index (χ2v) is 7.01. The van der Waals surface area contributed by atoms with Gasteiger partial charge in [-0.1, -0.05) is 24.3 Å². The first-order valence-corrected chi connectivity index (χ1v) is 8.06. The fourth-order valence-corrected chi connectivity index (χ4v) is 3.59. The zero-order valence-electron chi connectivity index (χ0n) is 12.4. The predicted molar refractivity (Wildman–Crippen MR) is 83.9 cm³/mol. The van der Waals surface area contributed by atoms with Crippen LogP contribution in [0, 0.1) is 13.8 Å². The fourth-order valence-electron chi connectivity index (χ4n) is 2.13. The number of rotatable bonds is 4. The molecule has 0 spiro atoms. The van der Waals surface area contributed by atoms with E-state index < -0.39 is 10.0 Å². The normalized spacial score (nSPS) is 11.4. The lowest BCUT2D eigenvalue weighted by molar-refractivity contribution is 0.281. The van der Waals surface area contributed by atoms with E-state index in [1.54, 1.807) is 25.1 Å². The number of aryl methyl sites for hydroxylation is 2. The largest absolute Gasteiger partial charge is 0.392 e. The van der Waals surface area contributed by atoms with Crippen molar-refractivity contribution in [1.82, 2.24) is 0 Å². The quantitative estimate of drug-likeness (QED) is 0.944. The molecule has 0 atom stereocenters. The molecule has 0 saturated carbocycles. The van der Waals surface area contributed by atoms with Gasteiger partial charge in [-0.05, 0) is 48.7 Å². The second-order valence-electron chi connectivity index (χ2n) is 5.07. The SMILES string of the molecule is Cc1cccc(N(C)S(=O)(=O)c2cc(CO)ccc2C)c1. The monoisotopic (exact) mass is 305 g/mol.